The number of ketones is 1. The summed E-state index contributed by atoms with van der Waals surface area (Å²) in [5, 5.41) is 4.78. The van der Waals surface area contributed by atoms with Crippen LogP contribution in [0.25, 0.3) is 0 Å². The third kappa shape index (κ3) is 3.83. The van der Waals surface area contributed by atoms with E-state index in [9.17, 15) is 4.79 Å². The molecule has 6 heteroatoms. The molecule has 0 saturated heterocycles. The van der Waals surface area contributed by atoms with E-state index in [1.54, 1.807) is 11.0 Å². The first-order chi connectivity index (χ1) is 9.94. The topological polar surface area (TPSA) is 47.8 Å². The van der Waals surface area contributed by atoms with Gasteiger partial charge in [0, 0.05) is 22.7 Å². The zero-order chi connectivity index (χ0) is 15.5. The summed E-state index contributed by atoms with van der Waals surface area (Å²) in [5.41, 5.74) is 0.392. The fourth-order valence-electron chi connectivity index (χ4n) is 2.05. The number of Topliss-reactive ketones (excluding diaryl/α,β-unsaturated/α-hetero) is 1. The highest BCUT2D eigenvalue weighted by molar-refractivity contribution is 6.30. The van der Waals surface area contributed by atoms with Gasteiger partial charge in [-0.1, -0.05) is 37.6 Å². The zero-order valence-electron chi connectivity index (χ0n) is 12.0. The number of nitrogens with zero attached hydrogens (tertiary/aromatic N) is 3. The lowest BCUT2D eigenvalue weighted by molar-refractivity contribution is -0.129. The molecule has 0 aliphatic heterocycles. The smallest absolute Gasteiger partial charge is 0.164 e. The van der Waals surface area contributed by atoms with Crippen LogP contribution in [0.2, 0.25) is 5.02 Å². The van der Waals surface area contributed by atoms with Crippen LogP contribution in [0.15, 0.2) is 36.9 Å². The summed E-state index contributed by atoms with van der Waals surface area (Å²) in [6.45, 7) is 3.68. The molecule has 0 aliphatic carbocycles. The van der Waals surface area contributed by atoms with Crippen molar-refractivity contribution in [3.8, 4) is 0 Å². The number of halogens is 2. The first-order valence-electron chi connectivity index (χ1n) is 6.63. The maximum atomic E-state index is 12.8. The Bertz CT molecular complexity index is 594. The Labute approximate surface area is 134 Å². The molecule has 2 rings (SSSR count). The summed E-state index contributed by atoms with van der Waals surface area (Å²) in [7, 11) is 0. The van der Waals surface area contributed by atoms with E-state index in [1.807, 2.05) is 38.1 Å². The molecule has 1 aromatic carbocycles. The van der Waals surface area contributed by atoms with Crippen LogP contribution in [0.3, 0.4) is 0 Å². The van der Waals surface area contributed by atoms with Gasteiger partial charge in [0.1, 0.15) is 18.7 Å². The third-order valence-electron chi connectivity index (χ3n) is 3.40. The molecule has 1 unspecified atom stereocenters. The number of rotatable bonds is 6. The summed E-state index contributed by atoms with van der Waals surface area (Å²) in [6.07, 6.45) is 3.51. The van der Waals surface area contributed by atoms with E-state index in [2.05, 4.69) is 10.1 Å². The van der Waals surface area contributed by atoms with Crippen molar-refractivity contribution in [3.05, 3.63) is 47.5 Å². The molecular formula is C15H17Cl2N3O. The van der Waals surface area contributed by atoms with Gasteiger partial charge >= 0.3 is 0 Å². The summed E-state index contributed by atoms with van der Waals surface area (Å²) in [6, 6.07) is 7.02. The Morgan fingerprint density at radius 3 is 2.52 bits per heavy atom. The SMILES string of the molecule is CC(C)(CCl)C(=O)C(Cc1ccc(Cl)cc1)n1cncn1. The Morgan fingerprint density at radius 1 is 1.33 bits per heavy atom. The Balaban J connectivity index is 2.29. The van der Waals surface area contributed by atoms with Gasteiger partial charge in [0.15, 0.2) is 5.78 Å². The molecule has 0 fully saturated rings. The number of aromatic nitrogens is 3. The standard InChI is InChI=1S/C15H17Cl2N3O/c1-15(2,8-16)14(21)13(20-10-18-9-19-20)7-11-3-5-12(17)6-4-11/h3-6,9-10,13H,7-8H2,1-2H3. The normalized spacial score (nSPS) is 13.1. The lowest BCUT2D eigenvalue weighted by Gasteiger charge is -2.26. The van der Waals surface area contributed by atoms with Gasteiger partial charge in [-0.2, -0.15) is 5.10 Å². The summed E-state index contributed by atoms with van der Waals surface area (Å²) in [4.78, 5) is 16.7. The summed E-state index contributed by atoms with van der Waals surface area (Å²) >= 11 is 11.8. The number of benzene rings is 1. The molecule has 0 amide bonds. The van der Waals surface area contributed by atoms with Crippen LogP contribution < -0.4 is 0 Å². The largest absolute Gasteiger partial charge is 0.297 e. The van der Waals surface area contributed by atoms with Crippen LogP contribution in [0, 0.1) is 5.41 Å². The molecule has 1 atom stereocenters. The van der Waals surface area contributed by atoms with Crippen molar-refractivity contribution >= 4 is 29.0 Å². The van der Waals surface area contributed by atoms with E-state index in [0.29, 0.717) is 11.4 Å². The van der Waals surface area contributed by atoms with Gasteiger partial charge in [-0.3, -0.25) is 4.79 Å². The molecule has 0 aliphatic rings. The van der Waals surface area contributed by atoms with E-state index >= 15 is 0 Å². The molecule has 1 aromatic heterocycles. The number of carbonyl (C=O) groups is 1. The van der Waals surface area contributed by atoms with Gasteiger partial charge in [0.05, 0.1) is 0 Å². The van der Waals surface area contributed by atoms with Crippen LogP contribution in [0.5, 0.6) is 0 Å². The number of alkyl halides is 1. The van der Waals surface area contributed by atoms with E-state index < -0.39 is 11.5 Å². The van der Waals surface area contributed by atoms with Crippen molar-refractivity contribution < 1.29 is 4.79 Å². The Hall–Kier alpha value is -1.39. The van der Waals surface area contributed by atoms with Gasteiger partial charge in [-0.25, -0.2) is 9.67 Å². The van der Waals surface area contributed by atoms with Crippen LogP contribution in [0.1, 0.15) is 25.5 Å². The highest BCUT2D eigenvalue weighted by Gasteiger charge is 2.34. The fraction of sp³-hybridized carbons (Fsp3) is 0.400. The molecule has 4 nitrogen and oxygen atoms in total. The van der Waals surface area contributed by atoms with Crippen LogP contribution in [0.4, 0.5) is 0 Å². The average Bonchev–Trinajstić information content (AvgIpc) is 3.00. The molecule has 0 spiro atoms. The van der Waals surface area contributed by atoms with Gasteiger partial charge in [0.25, 0.3) is 0 Å². The molecule has 0 bridgehead atoms. The second-order valence-corrected chi connectivity index (χ2v) is 6.31. The maximum absolute atomic E-state index is 12.8. The van der Waals surface area contributed by atoms with Gasteiger partial charge in [-0.15, -0.1) is 11.6 Å². The maximum Gasteiger partial charge on any atom is 0.164 e. The number of hydrogen-bond donors (Lipinski definition) is 0. The predicted octanol–water partition coefficient (Wildman–Crippen LogP) is 3.55. The highest BCUT2D eigenvalue weighted by Crippen LogP contribution is 2.28. The zero-order valence-corrected chi connectivity index (χ0v) is 13.5. The van der Waals surface area contributed by atoms with Crippen molar-refractivity contribution in [2.45, 2.75) is 26.3 Å². The predicted molar refractivity (Wildman–Crippen MR) is 83.7 cm³/mol. The Morgan fingerprint density at radius 2 is 2.00 bits per heavy atom. The fourth-order valence-corrected chi connectivity index (χ4v) is 2.30. The molecule has 112 valence electrons. The van der Waals surface area contributed by atoms with Crippen molar-refractivity contribution in [1.82, 2.24) is 14.8 Å². The molecule has 1 heterocycles. The molecule has 0 N–H and O–H groups in total. The molecule has 21 heavy (non-hydrogen) atoms. The van der Waals surface area contributed by atoms with Crippen LogP contribution in [-0.4, -0.2) is 26.4 Å². The number of carbonyl (C=O) groups excluding carboxylic acids is 1. The lowest BCUT2D eigenvalue weighted by atomic mass is 9.84. The van der Waals surface area contributed by atoms with Crippen molar-refractivity contribution in [1.29, 1.82) is 0 Å². The highest BCUT2D eigenvalue weighted by atomic mass is 35.5. The minimum atomic E-state index is -0.620. The van der Waals surface area contributed by atoms with E-state index in [0.717, 1.165) is 5.56 Å². The number of hydrogen-bond acceptors (Lipinski definition) is 3. The minimum Gasteiger partial charge on any atom is -0.297 e. The van der Waals surface area contributed by atoms with Gasteiger partial charge in [-0.05, 0) is 17.7 Å². The first-order valence-corrected chi connectivity index (χ1v) is 7.54. The van der Waals surface area contributed by atoms with E-state index in [-0.39, 0.29) is 11.7 Å². The average molecular weight is 326 g/mol. The quantitative estimate of drug-likeness (QED) is 0.763. The van der Waals surface area contributed by atoms with Crippen molar-refractivity contribution in [3.63, 3.8) is 0 Å². The Kier molecular flexibility index (Phi) is 5.01. The van der Waals surface area contributed by atoms with Crippen LogP contribution in [-0.2, 0) is 11.2 Å². The van der Waals surface area contributed by atoms with Gasteiger partial charge < -0.3 is 0 Å². The lowest BCUT2D eigenvalue weighted by Crippen LogP contribution is -2.35. The second-order valence-electron chi connectivity index (χ2n) is 5.60. The third-order valence-corrected chi connectivity index (χ3v) is 4.32. The van der Waals surface area contributed by atoms with Gasteiger partial charge in [0.2, 0.25) is 0 Å². The summed E-state index contributed by atoms with van der Waals surface area (Å²) < 4.78 is 1.59. The summed E-state index contributed by atoms with van der Waals surface area (Å²) in [5.74, 6) is 0.301. The van der Waals surface area contributed by atoms with Crippen molar-refractivity contribution in [2.24, 2.45) is 5.41 Å². The monoisotopic (exact) mass is 325 g/mol. The second kappa shape index (κ2) is 6.58. The van der Waals surface area contributed by atoms with Crippen molar-refractivity contribution in [2.75, 3.05) is 5.88 Å². The van der Waals surface area contributed by atoms with E-state index in [1.165, 1.54) is 6.33 Å². The molecule has 2 aromatic rings. The minimum absolute atomic E-state index is 0.0398. The molecule has 0 radical (unpaired) electrons. The first kappa shape index (κ1) is 16.0. The molecule has 0 saturated carbocycles. The molecular weight excluding hydrogens is 309 g/mol. The van der Waals surface area contributed by atoms with E-state index in [4.69, 9.17) is 23.2 Å². The van der Waals surface area contributed by atoms with Crippen LogP contribution >= 0.6 is 23.2 Å².